The second-order valence-electron chi connectivity index (χ2n) is 1.97. The molecule has 0 atom stereocenters. The Bertz CT molecular complexity index is 297. The topological polar surface area (TPSA) is 157 Å². The lowest BCUT2D eigenvalue weighted by atomic mass is 10.7. The molecule has 0 saturated heterocycles. The zero-order valence-corrected chi connectivity index (χ0v) is 6.08. The standard InChI is InChI=1S/C2H5N7O4/c3-1-2(4)6(8(10)11)7(5-1)9(12)13/h5H,3-4H2. The van der Waals surface area contributed by atoms with E-state index in [1.54, 1.807) is 0 Å². The number of rotatable bonds is 2. The molecule has 1 heterocycles. The Hall–Kier alpha value is -2.46. The second kappa shape index (κ2) is 2.54. The molecular weight excluding hydrogens is 186 g/mol. The fraction of sp³-hybridized carbons (Fsp3) is 0. The van der Waals surface area contributed by atoms with Crippen molar-refractivity contribution >= 4 is 0 Å². The molecule has 0 radical (unpaired) electrons. The van der Waals surface area contributed by atoms with Gasteiger partial charge in [-0.2, -0.15) is 0 Å². The molecule has 0 aromatic rings. The van der Waals surface area contributed by atoms with Crippen LogP contribution in [0.5, 0.6) is 0 Å². The summed E-state index contributed by atoms with van der Waals surface area (Å²) in [4.78, 5) is 20.4. The number of nitrogens with one attached hydrogen (secondary N) is 1. The average molecular weight is 191 g/mol. The SMILES string of the molecule is NC1=C(N)N([N+](=O)[O-])N([N+](=O)[O-])N1. The first-order valence-electron chi connectivity index (χ1n) is 2.85. The van der Waals surface area contributed by atoms with Crippen molar-refractivity contribution in [1.29, 1.82) is 0 Å². The van der Waals surface area contributed by atoms with E-state index >= 15 is 0 Å². The van der Waals surface area contributed by atoms with Crippen molar-refractivity contribution in [2.24, 2.45) is 11.5 Å². The molecule has 13 heavy (non-hydrogen) atoms. The van der Waals surface area contributed by atoms with Gasteiger partial charge in [-0.25, -0.2) is 25.7 Å². The smallest absolute Gasteiger partial charge is 0.241 e. The van der Waals surface area contributed by atoms with Gasteiger partial charge < -0.3 is 11.5 Å². The fourth-order valence-corrected chi connectivity index (χ4v) is 0.689. The van der Waals surface area contributed by atoms with E-state index in [0.29, 0.717) is 0 Å². The Balaban J connectivity index is 2.97. The predicted octanol–water partition coefficient (Wildman–Crippen LogP) is -2.55. The summed E-state index contributed by atoms with van der Waals surface area (Å²) in [6.45, 7) is 0. The predicted molar refractivity (Wildman–Crippen MR) is 36.2 cm³/mol. The molecule has 11 nitrogen and oxygen atoms in total. The van der Waals surface area contributed by atoms with Gasteiger partial charge in [-0.05, 0) is 0 Å². The van der Waals surface area contributed by atoms with E-state index in [1.165, 1.54) is 0 Å². The van der Waals surface area contributed by atoms with Crippen LogP contribution in [0.1, 0.15) is 0 Å². The van der Waals surface area contributed by atoms with Crippen LogP contribution in [0.3, 0.4) is 0 Å². The van der Waals surface area contributed by atoms with E-state index in [-0.39, 0.29) is 16.2 Å². The Morgan fingerprint density at radius 1 is 1.23 bits per heavy atom. The zero-order valence-electron chi connectivity index (χ0n) is 6.08. The van der Waals surface area contributed by atoms with Crippen LogP contribution in [0.25, 0.3) is 0 Å². The van der Waals surface area contributed by atoms with Gasteiger partial charge in [-0.15, -0.1) is 0 Å². The number of hydrazine groups is 4. The molecule has 72 valence electrons. The summed E-state index contributed by atoms with van der Waals surface area (Å²) in [5.41, 5.74) is 12.1. The van der Waals surface area contributed by atoms with Crippen molar-refractivity contribution in [2.45, 2.75) is 0 Å². The van der Waals surface area contributed by atoms with Crippen molar-refractivity contribution in [3.63, 3.8) is 0 Å². The lowest BCUT2D eigenvalue weighted by Crippen LogP contribution is -2.51. The second-order valence-corrected chi connectivity index (χ2v) is 1.97. The highest BCUT2D eigenvalue weighted by Gasteiger charge is 2.43. The third-order valence-electron chi connectivity index (χ3n) is 1.20. The van der Waals surface area contributed by atoms with Crippen molar-refractivity contribution in [3.05, 3.63) is 31.9 Å². The number of hydrogen-bond acceptors (Lipinski definition) is 7. The van der Waals surface area contributed by atoms with E-state index < -0.39 is 15.9 Å². The normalized spacial score (nSPS) is 16.0. The molecule has 5 N–H and O–H groups in total. The summed E-state index contributed by atoms with van der Waals surface area (Å²) < 4.78 is 0. The van der Waals surface area contributed by atoms with Crippen LogP contribution in [0.2, 0.25) is 0 Å². The monoisotopic (exact) mass is 191 g/mol. The van der Waals surface area contributed by atoms with E-state index in [9.17, 15) is 20.2 Å². The van der Waals surface area contributed by atoms with Gasteiger partial charge in [-0.3, -0.25) is 0 Å². The van der Waals surface area contributed by atoms with Crippen LogP contribution in [-0.2, 0) is 0 Å². The maximum atomic E-state index is 10.2. The lowest BCUT2D eigenvalue weighted by molar-refractivity contribution is -0.826. The molecule has 0 bridgehead atoms. The maximum absolute atomic E-state index is 10.2. The Morgan fingerprint density at radius 2 is 1.77 bits per heavy atom. The average Bonchev–Trinajstić information content (AvgIpc) is 2.28. The highest BCUT2D eigenvalue weighted by Crippen LogP contribution is 2.10. The molecule has 1 aliphatic rings. The van der Waals surface area contributed by atoms with Crippen molar-refractivity contribution in [1.82, 2.24) is 15.8 Å². The molecule has 1 aliphatic heterocycles. The minimum atomic E-state index is -1.08. The molecule has 1 rings (SSSR count). The van der Waals surface area contributed by atoms with Crippen LogP contribution in [0.4, 0.5) is 0 Å². The van der Waals surface area contributed by atoms with Gasteiger partial charge in [0.25, 0.3) is 0 Å². The molecule has 0 spiro atoms. The van der Waals surface area contributed by atoms with Crippen LogP contribution in [0, 0.1) is 20.2 Å². The van der Waals surface area contributed by atoms with Gasteiger partial charge in [-0.1, -0.05) is 0 Å². The van der Waals surface area contributed by atoms with Crippen molar-refractivity contribution in [3.8, 4) is 0 Å². The Kier molecular flexibility index (Phi) is 1.69. The molecule has 0 aromatic heterocycles. The van der Waals surface area contributed by atoms with Gasteiger partial charge in [0.1, 0.15) is 5.23 Å². The minimum absolute atomic E-state index is 0.0185. The van der Waals surface area contributed by atoms with Crippen LogP contribution < -0.4 is 16.9 Å². The maximum Gasteiger partial charge on any atom is 0.241 e. The third-order valence-corrected chi connectivity index (χ3v) is 1.20. The highest BCUT2D eigenvalue weighted by molar-refractivity contribution is 5.04. The number of nitrogens with two attached hydrogens (primary N) is 2. The molecular formula is C2H5N7O4. The largest absolute Gasteiger partial charge is 0.381 e. The van der Waals surface area contributed by atoms with Crippen LogP contribution in [0.15, 0.2) is 11.6 Å². The number of nitrogens with zero attached hydrogens (tertiary/aromatic N) is 4. The summed E-state index contributed by atoms with van der Waals surface area (Å²) >= 11 is 0. The van der Waals surface area contributed by atoms with Crippen molar-refractivity contribution in [2.75, 3.05) is 0 Å². The number of nitro groups is 2. The van der Waals surface area contributed by atoms with Crippen LogP contribution in [-0.4, -0.2) is 20.4 Å². The summed E-state index contributed by atoms with van der Waals surface area (Å²) in [5, 5.41) is 18.2. The molecule has 0 aromatic carbocycles. The number of hydrogen-bond donors (Lipinski definition) is 3. The highest BCUT2D eigenvalue weighted by atomic mass is 16.7. The first-order valence-corrected chi connectivity index (χ1v) is 2.85. The third kappa shape index (κ3) is 1.17. The van der Waals surface area contributed by atoms with Gasteiger partial charge in [0.15, 0.2) is 10.9 Å². The van der Waals surface area contributed by atoms with Crippen molar-refractivity contribution < 1.29 is 10.1 Å². The first kappa shape index (κ1) is 8.63. The van der Waals surface area contributed by atoms with Gasteiger partial charge in [0, 0.05) is 0 Å². The van der Waals surface area contributed by atoms with Crippen LogP contribution >= 0.6 is 0 Å². The quantitative estimate of drug-likeness (QED) is 0.315. The van der Waals surface area contributed by atoms with Gasteiger partial charge >= 0.3 is 0 Å². The fourth-order valence-electron chi connectivity index (χ4n) is 0.689. The van der Waals surface area contributed by atoms with E-state index in [4.69, 9.17) is 11.5 Å². The Morgan fingerprint density at radius 3 is 2.08 bits per heavy atom. The molecule has 11 heteroatoms. The molecule has 0 fully saturated rings. The molecule has 0 aliphatic carbocycles. The Labute approximate surface area is 70.3 Å². The summed E-state index contributed by atoms with van der Waals surface area (Å²) in [5.74, 6) is -0.893. The first-order chi connectivity index (χ1) is 5.95. The molecule has 0 amide bonds. The van der Waals surface area contributed by atoms with Gasteiger partial charge in [0.05, 0.1) is 5.12 Å². The van der Waals surface area contributed by atoms with E-state index in [0.717, 1.165) is 0 Å². The summed E-state index contributed by atoms with van der Waals surface area (Å²) in [6, 6.07) is 0. The molecule has 0 saturated carbocycles. The zero-order chi connectivity index (χ0) is 10.2. The van der Waals surface area contributed by atoms with E-state index in [1.807, 2.05) is 5.43 Å². The molecule has 0 unspecified atom stereocenters. The van der Waals surface area contributed by atoms with E-state index in [2.05, 4.69) is 0 Å². The summed E-state index contributed by atoms with van der Waals surface area (Å²) in [6.07, 6.45) is 0. The summed E-state index contributed by atoms with van der Waals surface area (Å²) in [7, 11) is 0. The van der Waals surface area contributed by atoms with Gasteiger partial charge in [0.2, 0.25) is 10.9 Å². The minimum Gasteiger partial charge on any atom is -0.381 e. The lowest BCUT2D eigenvalue weighted by Gasteiger charge is -2.10.